The Bertz CT molecular complexity index is 914. The van der Waals surface area contributed by atoms with Crippen LogP contribution < -0.4 is 9.47 Å². The van der Waals surface area contributed by atoms with Gasteiger partial charge in [-0.25, -0.2) is 0 Å². The van der Waals surface area contributed by atoms with Crippen molar-refractivity contribution in [3.63, 3.8) is 0 Å². The molecular weight excluding hydrogens is 382 g/mol. The topological polar surface area (TPSA) is 49.2 Å². The highest BCUT2D eigenvalue weighted by Gasteiger charge is 2.14. The molecule has 0 aliphatic rings. The van der Waals surface area contributed by atoms with E-state index in [9.17, 15) is 0 Å². The van der Waals surface area contributed by atoms with Crippen LogP contribution in [-0.4, -0.2) is 21.9 Å². The summed E-state index contributed by atoms with van der Waals surface area (Å²) in [7, 11) is 1.64. The van der Waals surface area contributed by atoms with Gasteiger partial charge < -0.3 is 14.0 Å². The third kappa shape index (κ3) is 4.76. The molecule has 3 rings (SSSR count). The Labute approximate surface area is 168 Å². The predicted octanol–water partition coefficient (Wildman–Crippen LogP) is 5.14. The molecule has 0 amide bonds. The fourth-order valence-corrected chi connectivity index (χ4v) is 3.95. The first-order valence-corrected chi connectivity index (χ1v) is 10.0. The molecule has 0 spiro atoms. The van der Waals surface area contributed by atoms with E-state index < -0.39 is 0 Å². The van der Waals surface area contributed by atoms with Crippen molar-refractivity contribution >= 4 is 23.4 Å². The van der Waals surface area contributed by atoms with Crippen LogP contribution in [0, 0.1) is 6.92 Å². The van der Waals surface area contributed by atoms with Gasteiger partial charge >= 0.3 is 0 Å². The molecule has 27 heavy (non-hydrogen) atoms. The van der Waals surface area contributed by atoms with Gasteiger partial charge in [0.25, 0.3) is 0 Å². The molecule has 0 N–H and O–H groups in total. The fourth-order valence-electron chi connectivity index (χ4n) is 2.64. The Balaban J connectivity index is 1.70. The quantitative estimate of drug-likeness (QED) is 0.487. The normalized spacial score (nSPS) is 10.8. The van der Waals surface area contributed by atoms with Gasteiger partial charge in [0.15, 0.2) is 22.5 Å². The maximum Gasteiger partial charge on any atom is 0.191 e. The van der Waals surface area contributed by atoms with Crippen LogP contribution in [0.3, 0.4) is 0 Å². The maximum absolute atomic E-state index is 6.24. The lowest BCUT2D eigenvalue weighted by molar-refractivity contribution is 0.270. The lowest BCUT2D eigenvalue weighted by atomic mass is 10.2. The molecule has 0 aliphatic carbocycles. The van der Waals surface area contributed by atoms with E-state index in [-0.39, 0.29) is 0 Å². The molecule has 0 radical (unpaired) electrons. The molecule has 0 unspecified atom stereocenters. The zero-order valence-electron chi connectivity index (χ0n) is 15.6. The van der Waals surface area contributed by atoms with E-state index in [1.165, 1.54) is 0 Å². The standard InChI is InChI=1S/C20H22ClN3O2S/c1-4-24-19(12-26-17-10-9-14(2)11-18(17)25-3)22-23-20(24)27-13-15-7-5-6-8-16(15)21/h5-11H,4,12-13H2,1-3H3. The summed E-state index contributed by atoms with van der Waals surface area (Å²) in [6.07, 6.45) is 0. The molecule has 2 aromatic carbocycles. The molecule has 3 aromatic rings. The van der Waals surface area contributed by atoms with Crippen LogP contribution in [0.15, 0.2) is 47.6 Å². The number of halogens is 1. The smallest absolute Gasteiger partial charge is 0.191 e. The monoisotopic (exact) mass is 403 g/mol. The number of benzene rings is 2. The van der Waals surface area contributed by atoms with Gasteiger partial charge in [-0.15, -0.1) is 10.2 Å². The molecule has 0 aliphatic heterocycles. The van der Waals surface area contributed by atoms with Crippen LogP contribution in [0.2, 0.25) is 5.02 Å². The van der Waals surface area contributed by atoms with Crippen LogP contribution in [0.5, 0.6) is 11.5 Å². The number of hydrogen-bond donors (Lipinski definition) is 0. The van der Waals surface area contributed by atoms with Crippen molar-refractivity contribution in [1.29, 1.82) is 0 Å². The summed E-state index contributed by atoms with van der Waals surface area (Å²) in [4.78, 5) is 0. The Morgan fingerprint density at radius 3 is 2.67 bits per heavy atom. The van der Waals surface area contributed by atoms with Crippen LogP contribution in [0.4, 0.5) is 0 Å². The van der Waals surface area contributed by atoms with Gasteiger partial charge in [-0.3, -0.25) is 0 Å². The van der Waals surface area contributed by atoms with Crippen molar-refractivity contribution in [1.82, 2.24) is 14.8 Å². The highest BCUT2D eigenvalue weighted by Crippen LogP contribution is 2.29. The first kappa shape index (κ1) is 19.6. The van der Waals surface area contributed by atoms with Gasteiger partial charge in [0.1, 0.15) is 6.61 Å². The second-order valence-electron chi connectivity index (χ2n) is 5.97. The minimum atomic E-state index is 0.326. The Kier molecular flexibility index (Phi) is 6.63. The average Bonchev–Trinajstić information content (AvgIpc) is 3.08. The molecular formula is C20H22ClN3O2S. The van der Waals surface area contributed by atoms with Crippen molar-refractivity contribution in [3.8, 4) is 11.5 Å². The number of hydrogen-bond acceptors (Lipinski definition) is 5. The van der Waals surface area contributed by atoms with Crippen LogP contribution in [-0.2, 0) is 18.9 Å². The highest BCUT2D eigenvalue weighted by molar-refractivity contribution is 7.98. The Hall–Kier alpha value is -2.18. The zero-order valence-corrected chi connectivity index (χ0v) is 17.2. The lowest BCUT2D eigenvalue weighted by Crippen LogP contribution is -2.07. The summed E-state index contributed by atoms with van der Waals surface area (Å²) in [5.41, 5.74) is 2.20. The van der Waals surface area contributed by atoms with E-state index in [1.807, 2.05) is 49.4 Å². The number of methoxy groups -OCH3 is 1. The molecule has 142 valence electrons. The Morgan fingerprint density at radius 2 is 1.93 bits per heavy atom. The number of nitrogens with zero attached hydrogens (tertiary/aromatic N) is 3. The number of aromatic nitrogens is 3. The van der Waals surface area contributed by atoms with Gasteiger partial charge in [-0.1, -0.05) is 47.6 Å². The van der Waals surface area contributed by atoms with E-state index >= 15 is 0 Å². The van der Waals surface area contributed by atoms with Crippen LogP contribution in [0.25, 0.3) is 0 Å². The number of aryl methyl sites for hydroxylation is 1. The summed E-state index contributed by atoms with van der Waals surface area (Å²) in [6, 6.07) is 13.7. The first-order valence-electron chi connectivity index (χ1n) is 8.68. The fraction of sp³-hybridized carbons (Fsp3) is 0.300. The number of thioether (sulfide) groups is 1. The molecule has 7 heteroatoms. The van der Waals surface area contributed by atoms with Crippen molar-refractivity contribution in [3.05, 3.63) is 64.4 Å². The first-order chi connectivity index (χ1) is 13.1. The second-order valence-corrected chi connectivity index (χ2v) is 7.32. The lowest BCUT2D eigenvalue weighted by Gasteiger charge is -2.12. The zero-order chi connectivity index (χ0) is 19.2. The summed E-state index contributed by atoms with van der Waals surface area (Å²) in [6.45, 7) is 5.18. The third-order valence-electron chi connectivity index (χ3n) is 4.10. The summed E-state index contributed by atoms with van der Waals surface area (Å²) >= 11 is 7.85. The molecule has 0 saturated heterocycles. The van der Waals surface area contributed by atoms with Crippen LogP contribution in [0.1, 0.15) is 23.9 Å². The van der Waals surface area contributed by atoms with E-state index in [4.69, 9.17) is 21.1 Å². The molecule has 1 heterocycles. The molecule has 0 saturated carbocycles. The molecule has 1 aromatic heterocycles. The molecule has 0 atom stereocenters. The summed E-state index contributed by atoms with van der Waals surface area (Å²) < 4.78 is 13.4. The van der Waals surface area contributed by atoms with E-state index in [1.54, 1.807) is 18.9 Å². The van der Waals surface area contributed by atoms with Gasteiger partial charge in [0.05, 0.1) is 7.11 Å². The largest absolute Gasteiger partial charge is 0.493 e. The minimum Gasteiger partial charge on any atom is -0.493 e. The number of rotatable bonds is 8. The predicted molar refractivity (Wildman–Crippen MR) is 109 cm³/mol. The van der Waals surface area contributed by atoms with Gasteiger partial charge in [-0.05, 0) is 43.2 Å². The Morgan fingerprint density at radius 1 is 1.11 bits per heavy atom. The third-order valence-corrected chi connectivity index (χ3v) is 5.48. The van der Waals surface area contributed by atoms with Gasteiger partial charge in [0.2, 0.25) is 0 Å². The SMILES string of the molecule is CCn1c(COc2ccc(C)cc2OC)nnc1SCc1ccccc1Cl. The van der Waals surface area contributed by atoms with Crippen molar-refractivity contribution in [2.75, 3.05) is 7.11 Å². The minimum absolute atomic E-state index is 0.326. The average molecular weight is 404 g/mol. The summed E-state index contributed by atoms with van der Waals surface area (Å²) in [5, 5.41) is 10.2. The highest BCUT2D eigenvalue weighted by atomic mass is 35.5. The second kappa shape index (κ2) is 9.15. The molecule has 5 nitrogen and oxygen atoms in total. The van der Waals surface area contributed by atoms with Gasteiger partial charge in [-0.2, -0.15) is 0 Å². The van der Waals surface area contributed by atoms with Gasteiger partial charge in [0, 0.05) is 17.3 Å². The molecule has 0 fully saturated rings. The van der Waals surface area contributed by atoms with Crippen molar-refractivity contribution in [2.45, 2.75) is 37.9 Å². The summed E-state index contributed by atoms with van der Waals surface area (Å²) in [5.74, 6) is 2.93. The van der Waals surface area contributed by atoms with Crippen LogP contribution >= 0.6 is 23.4 Å². The number of ether oxygens (including phenoxy) is 2. The van der Waals surface area contributed by atoms with Crippen molar-refractivity contribution in [2.24, 2.45) is 0 Å². The van der Waals surface area contributed by atoms with Crippen molar-refractivity contribution < 1.29 is 9.47 Å². The maximum atomic E-state index is 6.24. The van der Waals surface area contributed by atoms with E-state index in [0.29, 0.717) is 18.1 Å². The molecule has 0 bridgehead atoms. The van der Waals surface area contributed by atoms with E-state index in [0.717, 1.165) is 39.4 Å². The van der Waals surface area contributed by atoms with E-state index in [2.05, 4.69) is 21.7 Å².